The van der Waals surface area contributed by atoms with Gasteiger partial charge in [0.25, 0.3) is 0 Å². The maximum atomic E-state index is 13.0. The van der Waals surface area contributed by atoms with Crippen LogP contribution in [-0.2, 0) is 23.8 Å². The fourth-order valence-electron chi connectivity index (χ4n) is 10.3. The summed E-state index contributed by atoms with van der Waals surface area (Å²) in [5.41, 5.74) is 0. The van der Waals surface area contributed by atoms with Gasteiger partial charge in [-0.25, -0.2) is 0 Å². The monoisotopic (exact) mass is 1090 g/mol. The van der Waals surface area contributed by atoms with E-state index in [1.54, 1.807) is 6.08 Å². The van der Waals surface area contributed by atoms with Crippen molar-refractivity contribution in [2.75, 3.05) is 19.8 Å². The molecule has 1 aliphatic heterocycles. The van der Waals surface area contributed by atoms with Gasteiger partial charge in [-0.2, -0.15) is 0 Å². The van der Waals surface area contributed by atoms with E-state index in [1.807, 2.05) is 6.08 Å². The summed E-state index contributed by atoms with van der Waals surface area (Å²) in [4.78, 5) is 25.1. The topological polar surface area (TPSA) is 175 Å². The van der Waals surface area contributed by atoms with Crippen molar-refractivity contribution in [2.24, 2.45) is 0 Å². The first-order valence-corrected chi connectivity index (χ1v) is 32.8. The third-order valence-electron chi connectivity index (χ3n) is 15.5. The number of hydrogen-bond donors (Lipinski definition) is 6. The molecule has 11 nitrogen and oxygen atoms in total. The smallest absolute Gasteiger partial charge is 0.305 e. The summed E-state index contributed by atoms with van der Waals surface area (Å²) in [5.74, 6) is -0.192. The van der Waals surface area contributed by atoms with E-state index < -0.39 is 49.5 Å². The number of hydrogen-bond acceptors (Lipinski definition) is 10. The molecule has 0 saturated carbocycles. The van der Waals surface area contributed by atoms with Crippen molar-refractivity contribution in [2.45, 2.75) is 352 Å². The Morgan fingerprint density at radius 3 is 1.29 bits per heavy atom. The van der Waals surface area contributed by atoms with E-state index in [4.69, 9.17) is 14.2 Å². The molecular weight excluding hydrogens is 967 g/mol. The lowest BCUT2D eigenvalue weighted by Gasteiger charge is -2.40. The molecule has 1 aliphatic rings. The van der Waals surface area contributed by atoms with Gasteiger partial charge in [0.1, 0.15) is 24.4 Å². The van der Waals surface area contributed by atoms with Gasteiger partial charge in [-0.05, 0) is 70.6 Å². The van der Waals surface area contributed by atoms with Gasteiger partial charge in [-0.15, -0.1) is 0 Å². The van der Waals surface area contributed by atoms with Crippen LogP contribution in [0.2, 0.25) is 0 Å². The van der Waals surface area contributed by atoms with Gasteiger partial charge in [0.15, 0.2) is 6.29 Å². The third-order valence-corrected chi connectivity index (χ3v) is 15.5. The number of amides is 1. The van der Waals surface area contributed by atoms with Gasteiger partial charge in [-0.3, -0.25) is 9.59 Å². The molecule has 7 atom stereocenters. The Morgan fingerprint density at radius 2 is 0.844 bits per heavy atom. The molecule has 0 radical (unpaired) electrons. The molecule has 452 valence electrons. The quantitative estimate of drug-likeness (QED) is 0.0195. The van der Waals surface area contributed by atoms with Crippen molar-refractivity contribution < 1.29 is 49.3 Å². The minimum atomic E-state index is -1.58. The summed E-state index contributed by atoms with van der Waals surface area (Å²) in [6, 6.07) is -0.830. The predicted octanol–water partition coefficient (Wildman–Crippen LogP) is 15.8. The van der Waals surface area contributed by atoms with Crippen LogP contribution < -0.4 is 5.32 Å². The number of ether oxygens (including phenoxy) is 3. The van der Waals surface area contributed by atoms with E-state index in [2.05, 4.69) is 43.5 Å². The first-order chi connectivity index (χ1) is 37.7. The molecule has 0 aromatic heterocycles. The molecule has 0 spiro atoms. The zero-order valence-corrected chi connectivity index (χ0v) is 49.9. The van der Waals surface area contributed by atoms with Gasteiger partial charge in [0.05, 0.1) is 32.0 Å². The molecule has 7 unspecified atom stereocenters. The molecule has 0 aromatic carbocycles. The van der Waals surface area contributed by atoms with E-state index in [9.17, 15) is 35.1 Å². The highest BCUT2D eigenvalue weighted by Gasteiger charge is 2.44. The van der Waals surface area contributed by atoms with Crippen LogP contribution in [0.15, 0.2) is 36.5 Å². The highest BCUT2D eigenvalue weighted by molar-refractivity contribution is 5.76. The van der Waals surface area contributed by atoms with E-state index >= 15 is 0 Å². The largest absolute Gasteiger partial charge is 0.466 e. The number of rotatable bonds is 57. The lowest BCUT2D eigenvalue weighted by atomic mass is 9.99. The van der Waals surface area contributed by atoms with E-state index in [-0.39, 0.29) is 18.5 Å². The van der Waals surface area contributed by atoms with Gasteiger partial charge >= 0.3 is 5.97 Å². The van der Waals surface area contributed by atoms with Crippen LogP contribution in [0.3, 0.4) is 0 Å². The normalized spacial score (nSPS) is 18.8. The Balaban J connectivity index is 2.04. The first kappa shape index (κ1) is 72.9. The zero-order chi connectivity index (χ0) is 55.9. The lowest BCUT2D eigenvalue weighted by Crippen LogP contribution is -2.60. The predicted molar refractivity (Wildman–Crippen MR) is 320 cm³/mol. The lowest BCUT2D eigenvalue weighted by molar-refractivity contribution is -0.302. The molecule has 77 heavy (non-hydrogen) atoms. The fraction of sp³-hybridized carbons (Fsp3) is 0.879. The third kappa shape index (κ3) is 45.2. The highest BCUT2D eigenvalue weighted by Crippen LogP contribution is 2.23. The molecule has 1 amide bonds. The Morgan fingerprint density at radius 1 is 0.468 bits per heavy atom. The van der Waals surface area contributed by atoms with E-state index in [0.29, 0.717) is 19.4 Å². The number of aliphatic hydroxyl groups is 5. The summed E-state index contributed by atoms with van der Waals surface area (Å²) in [5, 5.41) is 54.4. The Bertz CT molecular complexity index is 1370. The number of nitrogens with one attached hydrogen (secondary N) is 1. The number of aliphatic hydroxyl groups excluding tert-OH is 5. The van der Waals surface area contributed by atoms with Gasteiger partial charge < -0.3 is 45.1 Å². The van der Waals surface area contributed by atoms with Crippen LogP contribution in [0.1, 0.15) is 309 Å². The van der Waals surface area contributed by atoms with Crippen LogP contribution >= 0.6 is 0 Å². The minimum absolute atomic E-state index is 0.00227. The number of unbranched alkanes of at least 4 members (excludes halogenated alkanes) is 39. The second-order valence-corrected chi connectivity index (χ2v) is 22.8. The Kier molecular flexibility index (Phi) is 52.8. The van der Waals surface area contributed by atoms with Crippen LogP contribution in [0.25, 0.3) is 0 Å². The van der Waals surface area contributed by atoms with Crippen LogP contribution in [0.5, 0.6) is 0 Å². The van der Waals surface area contributed by atoms with Crippen molar-refractivity contribution in [1.82, 2.24) is 5.32 Å². The van der Waals surface area contributed by atoms with E-state index in [1.165, 1.54) is 218 Å². The highest BCUT2D eigenvalue weighted by atomic mass is 16.7. The van der Waals surface area contributed by atoms with Crippen LogP contribution in [0, 0.1) is 0 Å². The van der Waals surface area contributed by atoms with Crippen molar-refractivity contribution in [3.05, 3.63) is 36.5 Å². The van der Waals surface area contributed by atoms with Crippen molar-refractivity contribution >= 4 is 11.9 Å². The van der Waals surface area contributed by atoms with Crippen molar-refractivity contribution in [1.29, 1.82) is 0 Å². The summed E-state index contributed by atoms with van der Waals surface area (Å²) >= 11 is 0. The molecule has 0 bridgehead atoms. The second kappa shape index (κ2) is 55.8. The van der Waals surface area contributed by atoms with Gasteiger partial charge in [0, 0.05) is 12.8 Å². The maximum absolute atomic E-state index is 13.0. The number of carbonyl (C=O) groups excluding carboxylic acids is 2. The SMILES string of the molecule is CCCCCCCCC/C=C/CC/C=C/C(O)C(COC1OC(CO)C(O)C(O)C1O)NC(=O)CCCCCCCCCCC/C=C\CCCCCCCCCCCCCCOC(=O)CCCCCCCCCCCCC. The summed E-state index contributed by atoms with van der Waals surface area (Å²) in [6.07, 6.45) is 59.7. The average molecular weight is 1090 g/mol. The molecule has 1 rings (SSSR count). The number of allylic oxidation sites excluding steroid dienone is 5. The van der Waals surface area contributed by atoms with Crippen molar-refractivity contribution in [3.8, 4) is 0 Å². The standard InChI is InChI=1S/C66H123NO10/c1-3-5-7-9-11-13-15-29-33-36-40-44-48-52-59(69)58(57-76-66-65(74)64(73)63(72)60(56-68)77-66)67-61(70)53-49-45-41-37-34-30-27-25-23-21-19-17-16-18-20-22-24-26-28-31-35-39-43-47-51-55-75-62(71)54-50-46-42-38-32-14-12-10-8-6-4-2/h17,19,33,36,48,52,58-60,63-66,68-69,72-74H,3-16,18,20-32,34-35,37-47,49-51,53-57H2,1-2H3,(H,67,70)/b19-17-,36-33+,52-48+. The zero-order valence-electron chi connectivity index (χ0n) is 49.9. The summed E-state index contributed by atoms with van der Waals surface area (Å²) < 4.78 is 16.7. The molecular formula is C66H123NO10. The van der Waals surface area contributed by atoms with Gasteiger partial charge in [0.2, 0.25) is 5.91 Å². The molecule has 1 heterocycles. The Hall–Kier alpha value is -2.12. The van der Waals surface area contributed by atoms with Crippen LogP contribution in [0.4, 0.5) is 0 Å². The molecule has 6 N–H and O–H groups in total. The van der Waals surface area contributed by atoms with Crippen LogP contribution in [-0.4, -0.2) is 100 Å². The maximum Gasteiger partial charge on any atom is 0.305 e. The molecule has 11 heteroatoms. The minimum Gasteiger partial charge on any atom is -0.466 e. The van der Waals surface area contributed by atoms with E-state index in [0.717, 1.165) is 64.2 Å². The fourth-order valence-corrected chi connectivity index (χ4v) is 10.3. The number of carbonyl (C=O) groups is 2. The molecule has 0 aromatic rings. The van der Waals surface area contributed by atoms with Gasteiger partial charge in [-0.1, -0.05) is 262 Å². The summed E-state index contributed by atoms with van der Waals surface area (Å²) in [7, 11) is 0. The molecule has 1 fully saturated rings. The van der Waals surface area contributed by atoms with Crippen molar-refractivity contribution in [3.63, 3.8) is 0 Å². The molecule has 1 saturated heterocycles. The first-order valence-electron chi connectivity index (χ1n) is 32.8. The second-order valence-electron chi connectivity index (χ2n) is 22.8. The number of esters is 1. The molecule has 0 aliphatic carbocycles. The summed E-state index contributed by atoms with van der Waals surface area (Å²) in [6.45, 7) is 4.33. The Labute approximate surface area is 473 Å². The average Bonchev–Trinajstić information content (AvgIpc) is 3.43.